The van der Waals surface area contributed by atoms with Gasteiger partial charge in [0.05, 0.1) is 30.4 Å². The Bertz CT molecular complexity index is 1350. The van der Waals surface area contributed by atoms with Crippen LogP contribution in [0.15, 0.2) is 41.9 Å². The third-order valence-electron chi connectivity index (χ3n) is 6.13. The smallest absolute Gasteiger partial charge is 0.338 e. The predicted molar refractivity (Wildman–Crippen MR) is 136 cm³/mol. The fourth-order valence-electron chi connectivity index (χ4n) is 4.38. The summed E-state index contributed by atoms with van der Waals surface area (Å²) in [6.45, 7) is 8.44. The molecule has 0 atom stereocenters. The van der Waals surface area contributed by atoms with Crippen molar-refractivity contribution in [2.45, 2.75) is 57.5 Å². The number of imidazole rings is 1. The zero-order chi connectivity index (χ0) is 26.0. The largest absolute Gasteiger partial charge is 0.465 e. The normalized spacial score (nSPS) is 14.0. The molecule has 0 unspecified atom stereocenters. The minimum absolute atomic E-state index is 0.0269. The number of unbranched alkanes of at least 4 members (excludes halogenated alkanes) is 1. The number of aromatic nitrogens is 3. The number of hydrogen-bond donors (Lipinski definition) is 0. The summed E-state index contributed by atoms with van der Waals surface area (Å²) in [5.41, 5.74) is 1.49. The molecule has 4 rings (SSSR count). The van der Waals surface area contributed by atoms with Gasteiger partial charge in [-0.05, 0) is 44.2 Å². The number of ether oxygens (including phenoxy) is 1. The van der Waals surface area contributed by atoms with Crippen molar-refractivity contribution in [1.29, 1.82) is 0 Å². The molecule has 1 aromatic carbocycles. The highest BCUT2D eigenvalue weighted by Gasteiger charge is 2.35. The van der Waals surface area contributed by atoms with Crippen molar-refractivity contribution in [1.82, 2.24) is 14.1 Å². The molecule has 0 radical (unpaired) electrons. The second kappa shape index (κ2) is 10.2. The van der Waals surface area contributed by atoms with E-state index in [4.69, 9.17) is 4.74 Å². The number of fused-ring (bicyclic) bond motifs is 1. The third kappa shape index (κ3) is 4.87. The summed E-state index contributed by atoms with van der Waals surface area (Å²) in [6, 6.07) is 4.28. The van der Waals surface area contributed by atoms with Gasteiger partial charge in [-0.15, -0.1) is 6.58 Å². The Morgan fingerprint density at radius 2 is 2.08 bits per heavy atom. The number of allylic oxidation sites excluding steroid dienone is 2. The summed E-state index contributed by atoms with van der Waals surface area (Å²) in [6.07, 6.45) is 7.79. The van der Waals surface area contributed by atoms with Crippen LogP contribution in [0.3, 0.4) is 0 Å². The Labute approximate surface area is 207 Å². The molecule has 0 bridgehead atoms. The molecule has 9 heteroatoms. The van der Waals surface area contributed by atoms with Crippen LogP contribution in [0.5, 0.6) is 0 Å². The first-order valence-electron chi connectivity index (χ1n) is 11.9. The van der Waals surface area contributed by atoms with E-state index in [1.54, 1.807) is 10.6 Å². The van der Waals surface area contributed by atoms with Gasteiger partial charge in [-0.2, -0.15) is 0 Å². The van der Waals surface area contributed by atoms with E-state index in [1.807, 2.05) is 19.1 Å². The van der Waals surface area contributed by atoms with Crippen molar-refractivity contribution in [3.8, 4) is 11.5 Å². The number of alkyl halides is 2. The molecule has 0 saturated heterocycles. The van der Waals surface area contributed by atoms with Crippen LogP contribution in [-0.2, 0) is 11.3 Å². The van der Waals surface area contributed by atoms with Crippen molar-refractivity contribution in [2.24, 2.45) is 4.99 Å². The summed E-state index contributed by atoms with van der Waals surface area (Å²) in [7, 11) is 1.21. The summed E-state index contributed by atoms with van der Waals surface area (Å²) in [4.78, 5) is 20.8. The van der Waals surface area contributed by atoms with Gasteiger partial charge in [-0.1, -0.05) is 31.6 Å². The van der Waals surface area contributed by atoms with Crippen LogP contribution < -0.4 is 0 Å². The summed E-state index contributed by atoms with van der Waals surface area (Å²) in [5, 5.41) is 0. The zero-order valence-electron chi connectivity index (χ0n) is 20.4. The number of rotatable bonds is 11. The summed E-state index contributed by atoms with van der Waals surface area (Å²) in [5.74, 6) is -3.79. The predicted octanol–water partition coefficient (Wildman–Crippen LogP) is 7.12. The monoisotopic (exact) mass is 498 g/mol. The average Bonchev–Trinajstić information content (AvgIpc) is 3.52. The van der Waals surface area contributed by atoms with Crippen molar-refractivity contribution in [3.05, 3.63) is 53.9 Å². The molecule has 3 aromatic rings. The van der Waals surface area contributed by atoms with Gasteiger partial charge < -0.3 is 13.9 Å². The lowest BCUT2D eigenvalue weighted by Gasteiger charge is -2.19. The Kier molecular flexibility index (Phi) is 7.19. The maximum absolute atomic E-state index is 15.3. The lowest BCUT2D eigenvalue weighted by atomic mass is 10.2. The van der Waals surface area contributed by atoms with E-state index in [-0.39, 0.29) is 28.5 Å². The molecule has 0 N–H and O–H groups in total. The van der Waals surface area contributed by atoms with Crippen molar-refractivity contribution in [2.75, 3.05) is 7.11 Å². The molecular weight excluding hydrogens is 469 g/mol. The van der Waals surface area contributed by atoms with E-state index in [1.165, 1.54) is 23.8 Å². The summed E-state index contributed by atoms with van der Waals surface area (Å²) >= 11 is 0. The maximum Gasteiger partial charge on any atom is 0.338 e. The molecule has 0 amide bonds. The van der Waals surface area contributed by atoms with Crippen LogP contribution >= 0.6 is 0 Å². The molecule has 1 saturated carbocycles. The van der Waals surface area contributed by atoms with Crippen LogP contribution in [0.1, 0.15) is 61.0 Å². The molecule has 2 aromatic heterocycles. The number of carbonyl (C=O) groups is 1. The van der Waals surface area contributed by atoms with Crippen LogP contribution in [0.25, 0.3) is 28.6 Å². The van der Waals surface area contributed by atoms with Gasteiger partial charge in [0.2, 0.25) is 0 Å². The van der Waals surface area contributed by atoms with Crippen LogP contribution in [0.2, 0.25) is 0 Å². The fraction of sp³-hybridized carbons (Fsp3) is 0.370. The van der Waals surface area contributed by atoms with E-state index >= 15 is 4.39 Å². The number of halogens is 3. The van der Waals surface area contributed by atoms with Gasteiger partial charge in [0, 0.05) is 18.0 Å². The first kappa shape index (κ1) is 25.5. The number of benzene rings is 1. The maximum atomic E-state index is 15.3. The fourth-order valence-corrected chi connectivity index (χ4v) is 4.38. The molecular formula is C27H29F3N4O2. The number of methoxy groups -OCH3 is 1. The molecule has 1 fully saturated rings. The average molecular weight is 499 g/mol. The molecule has 1 aliphatic carbocycles. The van der Waals surface area contributed by atoms with Gasteiger partial charge in [-0.3, -0.25) is 0 Å². The molecule has 0 aliphatic heterocycles. The quantitative estimate of drug-likeness (QED) is 0.161. The molecule has 2 heterocycles. The highest BCUT2D eigenvalue weighted by Crippen LogP contribution is 2.44. The lowest BCUT2D eigenvalue weighted by molar-refractivity contribution is -0.0121. The van der Waals surface area contributed by atoms with E-state index in [0.29, 0.717) is 17.1 Å². The Hall–Kier alpha value is -3.62. The highest BCUT2D eigenvalue weighted by molar-refractivity contribution is 5.95. The number of hydrogen-bond acceptors (Lipinski definition) is 4. The minimum atomic E-state index is -3.10. The van der Waals surface area contributed by atoms with Gasteiger partial charge in [0.1, 0.15) is 17.2 Å². The van der Waals surface area contributed by atoms with Gasteiger partial charge in [0.25, 0.3) is 5.92 Å². The zero-order valence-corrected chi connectivity index (χ0v) is 20.4. The van der Waals surface area contributed by atoms with Crippen LogP contribution in [0.4, 0.5) is 19.0 Å². The van der Waals surface area contributed by atoms with E-state index in [0.717, 1.165) is 31.7 Å². The first-order chi connectivity index (χ1) is 17.2. The van der Waals surface area contributed by atoms with Gasteiger partial charge in [0.15, 0.2) is 5.82 Å². The number of nitrogens with zero attached hydrogens (tertiary/aromatic N) is 4. The van der Waals surface area contributed by atoms with Gasteiger partial charge >= 0.3 is 5.97 Å². The minimum Gasteiger partial charge on any atom is -0.465 e. The van der Waals surface area contributed by atoms with Crippen molar-refractivity contribution in [3.63, 3.8) is 0 Å². The number of esters is 1. The van der Waals surface area contributed by atoms with Crippen molar-refractivity contribution < 1.29 is 22.7 Å². The second-order valence-corrected chi connectivity index (χ2v) is 8.95. The molecule has 1 aliphatic rings. The molecule has 6 nitrogen and oxygen atoms in total. The van der Waals surface area contributed by atoms with Crippen LogP contribution in [0, 0.1) is 5.82 Å². The summed E-state index contributed by atoms with van der Waals surface area (Å²) < 4.78 is 52.9. The standard InChI is InChI=1S/C27H29F3N4O2/c1-5-7-8-9-17-15-22(33(24(17)31-3)16-27(29,30)12-6-2)25-32-21-14-18(26(35)36-4)13-20(28)23(21)34(25)19-10-11-19/h6,8-9,13-15,19H,2-3,5,7,10-12,16H2,1,4H3/b9-8-. The van der Waals surface area contributed by atoms with Crippen molar-refractivity contribution >= 4 is 35.6 Å². The lowest BCUT2D eigenvalue weighted by Crippen LogP contribution is -2.23. The Morgan fingerprint density at radius 1 is 1.33 bits per heavy atom. The Morgan fingerprint density at radius 3 is 2.69 bits per heavy atom. The van der Waals surface area contributed by atoms with Gasteiger partial charge in [-0.25, -0.2) is 27.9 Å². The van der Waals surface area contributed by atoms with E-state index in [9.17, 15) is 13.6 Å². The SMILES string of the molecule is C=CCC(F)(F)Cn1c(-c2nc3cc(C(=O)OC)cc(F)c3n2C2CC2)cc(/C=C\CCC)c1N=C. The number of aliphatic imine (C=N–C) groups is 1. The highest BCUT2D eigenvalue weighted by atomic mass is 19.3. The Balaban J connectivity index is 1.98. The number of carbonyl (C=O) groups excluding carboxylic acids is 1. The second-order valence-electron chi connectivity index (χ2n) is 8.95. The third-order valence-corrected chi connectivity index (χ3v) is 6.13. The molecule has 0 spiro atoms. The van der Waals surface area contributed by atoms with E-state index < -0.39 is 30.7 Å². The van der Waals surface area contributed by atoms with Crippen LogP contribution in [-0.4, -0.2) is 39.8 Å². The van der Waals surface area contributed by atoms with E-state index in [2.05, 4.69) is 23.3 Å². The topological polar surface area (TPSA) is 61.4 Å². The molecule has 36 heavy (non-hydrogen) atoms. The first-order valence-corrected chi connectivity index (χ1v) is 11.9. The molecule has 190 valence electrons.